The Bertz CT molecular complexity index is 625. The number of hydrogen-bond donors (Lipinski definition) is 1. The van der Waals surface area contributed by atoms with Gasteiger partial charge in [0.1, 0.15) is 15.7 Å². The molecule has 0 aliphatic rings. The topological polar surface area (TPSA) is 74.7 Å². The summed E-state index contributed by atoms with van der Waals surface area (Å²) in [6.07, 6.45) is 3.29. The smallest absolute Gasteiger partial charge is 0.328 e. The standard InChI is InChI=1S/C13H16FNO4S/c1-15(8-9-20(2,18)19)13-10(6-7-12(16)17)4-3-5-11(13)14/h3-7H,8-9H2,1-2H3,(H,16,17)/b7-6+. The third kappa shape index (κ3) is 5.00. The molecular weight excluding hydrogens is 285 g/mol. The Labute approximate surface area is 117 Å². The van der Waals surface area contributed by atoms with Crippen molar-refractivity contribution in [1.29, 1.82) is 0 Å². The van der Waals surface area contributed by atoms with E-state index in [1.54, 1.807) is 13.1 Å². The van der Waals surface area contributed by atoms with E-state index >= 15 is 0 Å². The van der Waals surface area contributed by atoms with Gasteiger partial charge in [0.25, 0.3) is 0 Å². The SMILES string of the molecule is CN(CCS(C)(=O)=O)c1c(F)cccc1/C=C/C(=O)O. The zero-order chi connectivity index (χ0) is 15.3. The molecule has 0 saturated carbocycles. The Balaban J connectivity index is 3.06. The first kappa shape index (κ1) is 16.2. The Kier molecular flexibility index (Phi) is 5.26. The van der Waals surface area contributed by atoms with Crippen molar-refractivity contribution in [2.45, 2.75) is 0 Å². The summed E-state index contributed by atoms with van der Waals surface area (Å²) in [5.74, 6) is -1.78. The zero-order valence-corrected chi connectivity index (χ0v) is 12.0. The second-order valence-corrected chi connectivity index (χ2v) is 6.66. The lowest BCUT2D eigenvalue weighted by molar-refractivity contribution is -0.131. The Hall–Kier alpha value is -1.89. The van der Waals surface area contributed by atoms with Crippen LogP contribution in [0, 0.1) is 5.82 Å². The van der Waals surface area contributed by atoms with Gasteiger partial charge < -0.3 is 10.0 Å². The molecule has 0 fully saturated rings. The molecule has 0 aliphatic heterocycles. The highest BCUT2D eigenvalue weighted by Crippen LogP contribution is 2.24. The first-order valence-electron chi connectivity index (χ1n) is 5.79. The number of nitrogens with zero attached hydrogens (tertiary/aromatic N) is 1. The van der Waals surface area contributed by atoms with Crippen molar-refractivity contribution in [1.82, 2.24) is 0 Å². The summed E-state index contributed by atoms with van der Waals surface area (Å²) in [6.45, 7) is 0.119. The highest BCUT2D eigenvalue weighted by molar-refractivity contribution is 7.90. The number of anilines is 1. The lowest BCUT2D eigenvalue weighted by atomic mass is 10.1. The van der Waals surface area contributed by atoms with Crippen LogP contribution in [0.5, 0.6) is 0 Å². The summed E-state index contributed by atoms with van der Waals surface area (Å²) in [6, 6.07) is 4.27. The minimum atomic E-state index is -3.15. The molecule has 1 aromatic rings. The van der Waals surface area contributed by atoms with Gasteiger partial charge in [-0.25, -0.2) is 17.6 Å². The number of hydrogen-bond acceptors (Lipinski definition) is 4. The van der Waals surface area contributed by atoms with Gasteiger partial charge in [0, 0.05) is 31.5 Å². The van der Waals surface area contributed by atoms with E-state index in [2.05, 4.69) is 0 Å². The van der Waals surface area contributed by atoms with Crippen molar-refractivity contribution in [3.05, 3.63) is 35.7 Å². The average molecular weight is 301 g/mol. The van der Waals surface area contributed by atoms with Gasteiger partial charge in [0.05, 0.1) is 11.4 Å². The number of aliphatic carboxylic acids is 1. The number of sulfone groups is 1. The zero-order valence-electron chi connectivity index (χ0n) is 11.2. The van der Waals surface area contributed by atoms with Gasteiger partial charge in [0.15, 0.2) is 0 Å². The van der Waals surface area contributed by atoms with Crippen LogP contribution in [0.25, 0.3) is 6.08 Å². The summed E-state index contributed by atoms with van der Waals surface area (Å²) in [4.78, 5) is 12.0. The van der Waals surface area contributed by atoms with E-state index in [1.807, 2.05) is 0 Å². The molecule has 0 atom stereocenters. The number of carboxylic acid groups (broad SMARTS) is 1. The van der Waals surface area contributed by atoms with E-state index in [9.17, 15) is 17.6 Å². The molecule has 0 bridgehead atoms. The number of carboxylic acids is 1. The molecule has 5 nitrogen and oxygen atoms in total. The van der Waals surface area contributed by atoms with Crippen LogP contribution in [0.15, 0.2) is 24.3 Å². The molecule has 0 saturated heterocycles. The second kappa shape index (κ2) is 6.51. The van der Waals surface area contributed by atoms with Gasteiger partial charge in [-0.3, -0.25) is 0 Å². The molecule has 1 aromatic carbocycles. The van der Waals surface area contributed by atoms with E-state index < -0.39 is 21.6 Å². The van der Waals surface area contributed by atoms with Crippen molar-refractivity contribution < 1.29 is 22.7 Å². The normalized spacial score (nSPS) is 11.8. The first-order chi connectivity index (χ1) is 9.20. The fourth-order valence-corrected chi connectivity index (χ4v) is 2.25. The fraction of sp³-hybridized carbons (Fsp3) is 0.308. The second-order valence-electron chi connectivity index (χ2n) is 4.40. The maximum atomic E-state index is 13.9. The number of halogens is 1. The van der Waals surface area contributed by atoms with Crippen LogP contribution in [0.2, 0.25) is 0 Å². The highest BCUT2D eigenvalue weighted by Gasteiger charge is 2.13. The van der Waals surface area contributed by atoms with E-state index in [1.165, 1.54) is 23.1 Å². The van der Waals surface area contributed by atoms with Crippen LogP contribution in [0.4, 0.5) is 10.1 Å². The molecular formula is C13H16FNO4S. The minimum absolute atomic E-state index is 0.111. The van der Waals surface area contributed by atoms with E-state index in [0.29, 0.717) is 5.56 Å². The van der Waals surface area contributed by atoms with E-state index in [0.717, 1.165) is 12.3 Å². The van der Waals surface area contributed by atoms with E-state index in [4.69, 9.17) is 5.11 Å². The molecule has 0 radical (unpaired) electrons. The summed E-state index contributed by atoms with van der Waals surface area (Å²) >= 11 is 0. The molecule has 7 heteroatoms. The predicted molar refractivity (Wildman–Crippen MR) is 76.1 cm³/mol. The number of para-hydroxylation sites is 1. The molecule has 0 unspecified atom stereocenters. The van der Waals surface area contributed by atoms with Crippen molar-refractivity contribution in [2.24, 2.45) is 0 Å². The van der Waals surface area contributed by atoms with Crippen molar-refractivity contribution in [3.8, 4) is 0 Å². The monoisotopic (exact) mass is 301 g/mol. The lowest BCUT2D eigenvalue weighted by Crippen LogP contribution is -2.26. The number of rotatable bonds is 6. The van der Waals surface area contributed by atoms with Crippen LogP contribution in [0.1, 0.15) is 5.56 Å². The maximum Gasteiger partial charge on any atom is 0.328 e. The first-order valence-corrected chi connectivity index (χ1v) is 7.85. The largest absolute Gasteiger partial charge is 0.478 e. The summed E-state index contributed by atoms with van der Waals surface area (Å²) < 4.78 is 36.2. The molecule has 0 heterocycles. The Morgan fingerprint density at radius 3 is 2.65 bits per heavy atom. The summed E-state index contributed by atoms with van der Waals surface area (Å²) in [7, 11) is -1.60. The number of carbonyl (C=O) groups is 1. The Morgan fingerprint density at radius 1 is 1.45 bits per heavy atom. The van der Waals surface area contributed by atoms with Crippen LogP contribution in [-0.2, 0) is 14.6 Å². The van der Waals surface area contributed by atoms with Gasteiger partial charge in [-0.2, -0.15) is 0 Å². The van der Waals surface area contributed by atoms with Crippen molar-refractivity contribution >= 4 is 27.6 Å². The average Bonchev–Trinajstić information content (AvgIpc) is 2.32. The van der Waals surface area contributed by atoms with E-state index in [-0.39, 0.29) is 18.0 Å². The van der Waals surface area contributed by atoms with Gasteiger partial charge >= 0.3 is 5.97 Å². The van der Waals surface area contributed by atoms with Gasteiger partial charge in [-0.1, -0.05) is 12.1 Å². The summed E-state index contributed by atoms with van der Waals surface area (Å²) in [5.41, 5.74) is 0.553. The quantitative estimate of drug-likeness (QED) is 0.804. The molecule has 110 valence electrons. The maximum absolute atomic E-state index is 13.9. The molecule has 20 heavy (non-hydrogen) atoms. The Morgan fingerprint density at radius 2 is 2.10 bits per heavy atom. The summed E-state index contributed by atoms with van der Waals surface area (Å²) in [5, 5.41) is 8.61. The predicted octanol–water partition coefficient (Wildman–Crippen LogP) is 1.40. The minimum Gasteiger partial charge on any atom is -0.478 e. The molecule has 1 N–H and O–H groups in total. The molecule has 0 spiro atoms. The van der Waals surface area contributed by atoms with Crippen LogP contribution < -0.4 is 4.90 Å². The third-order valence-corrected chi connectivity index (χ3v) is 3.53. The van der Waals surface area contributed by atoms with Gasteiger partial charge in [0.2, 0.25) is 0 Å². The molecule has 0 aromatic heterocycles. The molecule has 0 aliphatic carbocycles. The highest BCUT2D eigenvalue weighted by atomic mass is 32.2. The van der Waals surface area contributed by atoms with Crippen molar-refractivity contribution in [3.63, 3.8) is 0 Å². The van der Waals surface area contributed by atoms with Gasteiger partial charge in [-0.05, 0) is 12.1 Å². The van der Waals surface area contributed by atoms with Crippen molar-refractivity contribution in [2.75, 3.05) is 30.5 Å². The van der Waals surface area contributed by atoms with Crippen LogP contribution in [0.3, 0.4) is 0 Å². The fourth-order valence-electron chi connectivity index (χ4n) is 1.64. The lowest BCUT2D eigenvalue weighted by Gasteiger charge is -2.21. The van der Waals surface area contributed by atoms with Gasteiger partial charge in [-0.15, -0.1) is 0 Å². The van der Waals surface area contributed by atoms with Crippen LogP contribution in [-0.4, -0.2) is 45.1 Å². The van der Waals surface area contributed by atoms with Crippen LogP contribution >= 0.6 is 0 Å². The molecule has 0 amide bonds. The number of benzene rings is 1. The third-order valence-electron chi connectivity index (χ3n) is 2.60. The molecule has 1 rings (SSSR count).